The van der Waals surface area contributed by atoms with Crippen LogP contribution in [-0.2, 0) is 0 Å². The molecular weight excluding hydrogens is 243 g/mol. The zero-order valence-corrected chi connectivity index (χ0v) is 9.96. The topological polar surface area (TPSA) is 35.2 Å². The van der Waals surface area contributed by atoms with Crippen LogP contribution in [0.2, 0.25) is 0 Å². The average molecular weight is 259 g/mol. The van der Waals surface area contributed by atoms with Crippen LogP contribution in [0.4, 0.5) is 18.9 Å². The molecule has 2 nitrogen and oxygen atoms in total. The van der Waals surface area contributed by atoms with Gasteiger partial charge in [0.1, 0.15) is 5.75 Å². The Bertz CT molecular complexity index is 411. The second-order valence-electron chi connectivity index (χ2n) is 4.68. The average Bonchev–Trinajstić information content (AvgIpc) is 2.31. The van der Waals surface area contributed by atoms with E-state index in [0.29, 0.717) is 11.3 Å². The first kappa shape index (κ1) is 13.1. The van der Waals surface area contributed by atoms with Gasteiger partial charge in [-0.3, -0.25) is 0 Å². The summed E-state index contributed by atoms with van der Waals surface area (Å²) in [6.45, 7) is 0. The molecule has 0 radical (unpaired) electrons. The van der Waals surface area contributed by atoms with E-state index in [4.69, 9.17) is 5.73 Å². The maximum Gasteiger partial charge on any atom is 0.573 e. The summed E-state index contributed by atoms with van der Waals surface area (Å²) in [5, 5.41) is 0. The zero-order chi connectivity index (χ0) is 13.2. The van der Waals surface area contributed by atoms with Gasteiger partial charge in [-0.1, -0.05) is 19.3 Å². The Morgan fingerprint density at radius 2 is 1.78 bits per heavy atom. The maximum absolute atomic E-state index is 12.3. The summed E-state index contributed by atoms with van der Waals surface area (Å²) in [6.07, 6.45) is 0.388. The van der Waals surface area contributed by atoms with Gasteiger partial charge in [0.15, 0.2) is 0 Å². The fourth-order valence-corrected chi connectivity index (χ4v) is 2.52. The van der Waals surface area contributed by atoms with Crippen molar-refractivity contribution >= 4 is 5.69 Å². The highest BCUT2D eigenvalue weighted by Gasteiger charge is 2.33. The van der Waals surface area contributed by atoms with Crippen molar-refractivity contribution in [2.24, 2.45) is 0 Å². The maximum atomic E-state index is 12.3. The van der Waals surface area contributed by atoms with E-state index >= 15 is 0 Å². The van der Waals surface area contributed by atoms with Crippen LogP contribution >= 0.6 is 0 Å². The van der Waals surface area contributed by atoms with Gasteiger partial charge >= 0.3 is 6.36 Å². The fourth-order valence-electron chi connectivity index (χ4n) is 2.52. The minimum atomic E-state index is -4.65. The monoisotopic (exact) mass is 259 g/mol. The number of hydrogen-bond acceptors (Lipinski definition) is 2. The third kappa shape index (κ3) is 3.31. The lowest BCUT2D eigenvalue weighted by atomic mass is 9.83. The number of nitrogen functional groups attached to an aromatic ring is 1. The van der Waals surface area contributed by atoms with Crippen LogP contribution in [0.25, 0.3) is 0 Å². The molecule has 1 saturated carbocycles. The van der Waals surface area contributed by atoms with Gasteiger partial charge in [-0.2, -0.15) is 0 Å². The van der Waals surface area contributed by atoms with Crippen molar-refractivity contribution in [1.29, 1.82) is 0 Å². The van der Waals surface area contributed by atoms with E-state index in [0.717, 1.165) is 32.1 Å². The normalized spacial score (nSPS) is 17.7. The zero-order valence-electron chi connectivity index (χ0n) is 9.96. The largest absolute Gasteiger partial charge is 0.573 e. The van der Waals surface area contributed by atoms with Gasteiger partial charge in [-0.25, -0.2) is 0 Å². The molecule has 0 unspecified atom stereocenters. The minimum Gasteiger partial charge on any atom is -0.405 e. The van der Waals surface area contributed by atoms with Crippen LogP contribution in [0.15, 0.2) is 18.2 Å². The Kier molecular flexibility index (Phi) is 3.68. The molecule has 0 heterocycles. The van der Waals surface area contributed by atoms with E-state index < -0.39 is 6.36 Å². The van der Waals surface area contributed by atoms with Gasteiger partial charge in [0, 0.05) is 5.69 Å². The summed E-state index contributed by atoms with van der Waals surface area (Å²) in [5.41, 5.74) is 6.73. The molecule has 0 saturated heterocycles. The number of rotatable bonds is 2. The first-order chi connectivity index (χ1) is 8.46. The van der Waals surface area contributed by atoms with Gasteiger partial charge in [0.2, 0.25) is 0 Å². The van der Waals surface area contributed by atoms with E-state index in [9.17, 15) is 13.2 Å². The second kappa shape index (κ2) is 5.08. The van der Waals surface area contributed by atoms with Gasteiger partial charge in [-0.15, -0.1) is 13.2 Å². The number of ether oxygens (including phenoxy) is 1. The Morgan fingerprint density at radius 3 is 2.39 bits per heavy atom. The van der Waals surface area contributed by atoms with Crippen molar-refractivity contribution in [3.8, 4) is 5.75 Å². The molecule has 2 rings (SSSR count). The SMILES string of the molecule is Nc1ccc(OC(F)(F)F)c(C2CCCCC2)c1. The molecule has 0 atom stereocenters. The van der Waals surface area contributed by atoms with Gasteiger partial charge in [0.25, 0.3) is 0 Å². The van der Waals surface area contributed by atoms with Crippen LogP contribution in [0.3, 0.4) is 0 Å². The van der Waals surface area contributed by atoms with Crippen molar-refractivity contribution < 1.29 is 17.9 Å². The Morgan fingerprint density at radius 1 is 1.11 bits per heavy atom. The van der Waals surface area contributed by atoms with Crippen molar-refractivity contribution in [1.82, 2.24) is 0 Å². The lowest BCUT2D eigenvalue weighted by Crippen LogP contribution is -2.19. The van der Waals surface area contributed by atoms with Gasteiger partial charge in [-0.05, 0) is 42.5 Å². The third-order valence-corrected chi connectivity index (χ3v) is 3.30. The second-order valence-corrected chi connectivity index (χ2v) is 4.68. The summed E-state index contributed by atoms with van der Waals surface area (Å²) in [4.78, 5) is 0. The third-order valence-electron chi connectivity index (χ3n) is 3.30. The lowest BCUT2D eigenvalue weighted by Gasteiger charge is -2.24. The van der Waals surface area contributed by atoms with Crippen LogP contribution in [0.1, 0.15) is 43.6 Å². The summed E-state index contributed by atoms with van der Waals surface area (Å²) < 4.78 is 41.1. The summed E-state index contributed by atoms with van der Waals surface area (Å²) in [6, 6.07) is 4.36. The lowest BCUT2D eigenvalue weighted by molar-refractivity contribution is -0.275. The molecule has 100 valence electrons. The predicted molar refractivity (Wildman–Crippen MR) is 63.4 cm³/mol. The van der Waals surface area contributed by atoms with Gasteiger partial charge in [0.05, 0.1) is 0 Å². The summed E-state index contributed by atoms with van der Waals surface area (Å²) >= 11 is 0. The van der Waals surface area contributed by atoms with Crippen LogP contribution in [0, 0.1) is 0 Å². The predicted octanol–water partition coefficient (Wildman–Crippen LogP) is 4.22. The molecular formula is C13H16F3NO. The molecule has 1 aromatic rings. The van der Waals surface area contributed by atoms with E-state index in [2.05, 4.69) is 4.74 Å². The molecule has 1 aromatic carbocycles. The van der Waals surface area contributed by atoms with Crippen molar-refractivity contribution in [3.05, 3.63) is 23.8 Å². The molecule has 0 spiro atoms. The Hall–Kier alpha value is -1.39. The van der Waals surface area contributed by atoms with Crippen molar-refractivity contribution in [2.75, 3.05) is 5.73 Å². The molecule has 1 fully saturated rings. The molecule has 1 aliphatic carbocycles. The highest BCUT2D eigenvalue weighted by molar-refractivity contribution is 5.49. The molecule has 1 aliphatic rings. The number of halogens is 3. The number of anilines is 1. The molecule has 0 aliphatic heterocycles. The molecule has 5 heteroatoms. The molecule has 0 aromatic heterocycles. The first-order valence-corrected chi connectivity index (χ1v) is 6.11. The van der Waals surface area contributed by atoms with E-state index in [-0.39, 0.29) is 11.7 Å². The smallest absolute Gasteiger partial charge is 0.405 e. The molecule has 18 heavy (non-hydrogen) atoms. The van der Waals surface area contributed by atoms with E-state index in [1.54, 1.807) is 6.07 Å². The van der Waals surface area contributed by atoms with E-state index in [1.807, 2.05) is 0 Å². The summed E-state index contributed by atoms with van der Waals surface area (Å²) in [7, 11) is 0. The van der Waals surface area contributed by atoms with Crippen LogP contribution in [0.5, 0.6) is 5.75 Å². The minimum absolute atomic E-state index is 0.108. The Labute approximate surface area is 104 Å². The van der Waals surface area contributed by atoms with Gasteiger partial charge < -0.3 is 10.5 Å². The first-order valence-electron chi connectivity index (χ1n) is 6.11. The van der Waals surface area contributed by atoms with Crippen molar-refractivity contribution in [3.63, 3.8) is 0 Å². The summed E-state index contributed by atoms with van der Waals surface area (Å²) in [5.74, 6) is 0.0169. The number of hydrogen-bond donors (Lipinski definition) is 1. The fraction of sp³-hybridized carbons (Fsp3) is 0.538. The standard InChI is InChI=1S/C13H16F3NO/c14-13(15,16)18-12-7-6-10(17)8-11(12)9-4-2-1-3-5-9/h6-9H,1-5,17H2. The van der Waals surface area contributed by atoms with Crippen LogP contribution in [-0.4, -0.2) is 6.36 Å². The number of benzene rings is 1. The highest BCUT2D eigenvalue weighted by Crippen LogP contribution is 2.39. The number of alkyl halides is 3. The van der Waals surface area contributed by atoms with E-state index in [1.165, 1.54) is 12.1 Å². The highest BCUT2D eigenvalue weighted by atomic mass is 19.4. The van der Waals surface area contributed by atoms with Crippen LogP contribution < -0.4 is 10.5 Å². The quantitative estimate of drug-likeness (QED) is 0.807. The molecule has 0 bridgehead atoms. The van der Waals surface area contributed by atoms with Crippen molar-refractivity contribution in [2.45, 2.75) is 44.4 Å². The Balaban J connectivity index is 2.28. The number of nitrogens with two attached hydrogens (primary N) is 1. The molecule has 2 N–H and O–H groups in total. The molecule has 0 amide bonds.